The van der Waals surface area contributed by atoms with Crippen molar-refractivity contribution in [2.24, 2.45) is 0 Å². The number of anilines is 1. The van der Waals surface area contributed by atoms with Crippen molar-refractivity contribution in [1.29, 1.82) is 0 Å². The third-order valence-corrected chi connectivity index (χ3v) is 4.81. The van der Waals surface area contributed by atoms with Gasteiger partial charge in [-0.1, -0.05) is 60.0 Å². The molecule has 0 radical (unpaired) electrons. The Morgan fingerprint density at radius 3 is 1.78 bits per heavy atom. The van der Waals surface area contributed by atoms with Gasteiger partial charge in [0.1, 0.15) is 0 Å². The minimum absolute atomic E-state index is 0. The molecule has 0 fully saturated rings. The van der Waals surface area contributed by atoms with Crippen LogP contribution in [0.15, 0.2) is 30.5 Å². The van der Waals surface area contributed by atoms with Gasteiger partial charge in [-0.2, -0.15) is 39.9 Å². The molecule has 27 heavy (non-hydrogen) atoms. The molecule has 0 saturated carbocycles. The van der Waals surface area contributed by atoms with Crippen LogP contribution in [0.1, 0.15) is 41.7 Å². The molecule has 2 nitrogen and oxygen atoms in total. The van der Waals surface area contributed by atoms with E-state index in [1.165, 1.54) is 38.9 Å². The van der Waals surface area contributed by atoms with Crippen molar-refractivity contribution in [1.82, 2.24) is 4.98 Å². The molecule has 3 aromatic rings. The van der Waals surface area contributed by atoms with Crippen LogP contribution in [0.4, 0.5) is 5.69 Å². The Kier molecular flexibility index (Phi) is 15.2. The first-order valence-corrected chi connectivity index (χ1v) is 8.72. The van der Waals surface area contributed by atoms with E-state index in [1.807, 2.05) is 52.3 Å². The van der Waals surface area contributed by atoms with Crippen LogP contribution < -0.4 is 4.90 Å². The van der Waals surface area contributed by atoms with E-state index in [1.54, 1.807) is 0 Å². The molecule has 0 amide bonds. The molecule has 3 rings (SSSR count). The first kappa shape index (κ1) is 30.2. The van der Waals surface area contributed by atoms with Gasteiger partial charge in [0.05, 0.1) is 0 Å². The fraction of sp³-hybridized carbons (Fsp3) is 0.375. The molecule has 0 aliphatic carbocycles. The maximum Gasteiger partial charge on any atom is 4.00 e. The van der Waals surface area contributed by atoms with Crippen LogP contribution in [0.2, 0.25) is 0 Å². The first-order valence-electron chi connectivity index (χ1n) is 8.72. The molecule has 0 N–H and O–H groups in total. The summed E-state index contributed by atoms with van der Waals surface area (Å²) in [6, 6.07) is 8.19. The van der Waals surface area contributed by atoms with Gasteiger partial charge in [0.2, 0.25) is 0 Å². The number of pyridine rings is 1. The van der Waals surface area contributed by atoms with Crippen LogP contribution in [-0.4, -0.2) is 19.1 Å². The second kappa shape index (κ2) is 13.6. The van der Waals surface area contributed by atoms with Crippen LogP contribution in [0, 0.1) is 49.5 Å². The first-order chi connectivity index (χ1) is 11.3. The monoisotopic (exact) mass is 410 g/mol. The zero-order chi connectivity index (χ0) is 18.4. The van der Waals surface area contributed by atoms with E-state index in [2.05, 4.69) is 50.6 Å². The van der Waals surface area contributed by atoms with Crippen molar-refractivity contribution in [3.05, 3.63) is 73.1 Å². The van der Waals surface area contributed by atoms with Crippen LogP contribution in [0.25, 0.3) is 10.9 Å². The van der Waals surface area contributed by atoms with Gasteiger partial charge < -0.3 is 24.7 Å². The number of hydrogen-bond donors (Lipinski definition) is 0. The van der Waals surface area contributed by atoms with Crippen LogP contribution >= 0.6 is 0 Å². The standard InChI is InChI=1S/C10H11N2.C10H15.C2H6.2CH3.Fe/c1-12(2)10-6-7-11-9-5-3-4-8(9)10;1-6-7(2)9(4)10(5)8(6)3;1-2;;;/h3-7H,1-2H3;1-5H3;1-2H3;2*1H3;/q2*-1;;2*-1;+4. The minimum Gasteiger partial charge on any atom is -0.415 e. The molecule has 0 aliphatic heterocycles. The number of fused-ring (bicyclic) bond motifs is 1. The average Bonchev–Trinajstić information content (AvgIpc) is 3.14. The van der Waals surface area contributed by atoms with Gasteiger partial charge in [0.25, 0.3) is 0 Å². The average molecular weight is 410 g/mol. The van der Waals surface area contributed by atoms with Crippen molar-refractivity contribution < 1.29 is 17.1 Å². The predicted molar refractivity (Wildman–Crippen MR) is 122 cm³/mol. The SMILES string of the molecule is CC.CN(C)c1ccnc2cc[cH-]c12.Cc1c(C)c(C)[c-](C)c1C.[CH3-].[CH3-].[Fe+4]. The maximum absolute atomic E-state index is 4.26. The summed E-state index contributed by atoms with van der Waals surface area (Å²) in [6.45, 7) is 15.0. The van der Waals surface area contributed by atoms with Gasteiger partial charge >= 0.3 is 17.1 Å². The normalized spacial score (nSPS) is 8.78. The molecule has 0 unspecified atom stereocenters. The fourth-order valence-electron chi connectivity index (χ4n) is 2.81. The molecule has 0 saturated heterocycles. The zero-order valence-electron chi connectivity index (χ0n) is 19.1. The molecule has 3 heteroatoms. The molecule has 0 aliphatic rings. The molecule has 1 aromatic heterocycles. The van der Waals surface area contributed by atoms with Crippen LogP contribution in [0.5, 0.6) is 0 Å². The Morgan fingerprint density at radius 1 is 0.926 bits per heavy atom. The Bertz CT molecular complexity index is 699. The molecule has 2 aromatic carbocycles. The molecular weight excluding hydrogens is 372 g/mol. The molecule has 0 spiro atoms. The van der Waals surface area contributed by atoms with Crippen LogP contribution in [-0.2, 0) is 17.1 Å². The van der Waals surface area contributed by atoms with E-state index in [0.717, 1.165) is 5.52 Å². The Labute approximate surface area is 179 Å². The summed E-state index contributed by atoms with van der Waals surface area (Å²) in [5.41, 5.74) is 9.64. The smallest absolute Gasteiger partial charge is 0.415 e. The van der Waals surface area contributed by atoms with Gasteiger partial charge in [-0.15, -0.1) is 11.5 Å². The second-order valence-corrected chi connectivity index (χ2v) is 6.17. The van der Waals surface area contributed by atoms with Crippen LogP contribution in [0.3, 0.4) is 0 Å². The zero-order valence-corrected chi connectivity index (χ0v) is 20.2. The van der Waals surface area contributed by atoms with E-state index < -0.39 is 0 Å². The van der Waals surface area contributed by atoms with Gasteiger partial charge in [0.15, 0.2) is 0 Å². The summed E-state index contributed by atoms with van der Waals surface area (Å²) < 4.78 is 0. The topological polar surface area (TPSA) is 16.1 Å². The maximum atomic E-state index is 4.26. The second-order valence-electron chi connectivity index (χ2n) is 6.17. The van der Waals surface area contributed by atoms with Crippen molar-refractivity contribution in [2.75, 3.05) is 19.0 Å². The fourth-order valence-corrected chi connectivity index (χ4v) is 2.81. The Balaban J connectivity index is -0.000000359. The molecular formula is C24H38FeN2. The van der Waals surface area contributed by atoms with Gasteiger partial charge in [0, 0.05) is 6.20 Å². The van der Waals surface area contributed by atoms with Gasteiger partial charge in [-0.05, 0) is 19.8 Å². The number of hydrogen-bond acceptors (Lipinski definition) is 2. The Morgan fingerprint density at radius 2 is 1.41 bits per heavy atom. The summed E-state index contributed by atoms with van der Waals surface area (Å²) in [4.78, 5) is 6.36. The minimum atomic E-state index is 0. The molecule has 1 heterocycles. The summed E-state index contributed by atoms with van der Waals surface area (Å²) in [6.07, 6.45) is 1.84. The third-order valence-electron chi connectivity index (χ3n) is 4.81. The van der Waals surface area contributed by atoms with Crippen molar-refractivity contribution in [3.8, 4) is 0 Å². The quantitative estimate of drug-likeness (QED) is 0.321. The van der Waals surface area contributed by atoms with E-state index >= 15 is 0 Å². The Hall–Kier alpha value is -1.57. The van der Waals surface area contributed by atoms with Crippen molar-refractivity contribution >= 4 is 16.6 Å². The summed E-state index contributed by atoms with van der Waals surface area (Å²) in [7, 11) is 4.09. The predicted octanol–water partition coefficient (Wildman–Crippen LogP) is 6.89. The third kappa shape index (κ3) is 6.83. The molecule has 152 valence electrons. The van der Waals surface area contributed by atoms with E-state index in [4.69, 9.17) is 0 Å². The summed E-state index contributed by atoms with van der Waals surface area (Å²) >= 11 is 0. The van der Waals surface area contributed by atoms with Crippen molar-refractivity contribution in [3.63, 3.8) is 0 Å². The van der Waals surface area contributed by atoms with Gasteiger partial charge in [-0.25, -0.2) is 0 Å². The number of rotatable bonds is 1. The van der Waals surface area contributed by atoms with Crippen molar-refractivity contribution in [2.45, 2.75) is 48.5 Å². The van der Waals surface area contributed by atoms with E-state index in [9.17, 15) is 0 Å². The summed E-state index contributed by atoms with van der Waals surface area (Å²) in [5, 5.41) is 1.22. The summed E-state index contributed by atoms with van der Waals surface area (Å²) in [5.74, 6) is 0. The largest absolute Gasteiger partial charge is 4.00 e. The number of aromatic nitrogens is 1. The van der Waals surface area contributed by atoms with E-state index in [0.29, 0.717) is 0 Å². The number of nitrogens with zero attached hydrogens (tertiary/aromatic N) is 2. The molecule has 0 atom stereocenters. The van der Waals surface area contributed by atoms with E-state index in [-0.39, 0.29) is 31.9 Å². The van der Waals surface area contributed by atoms with Gasteiger partial charge in [-0.3, -0.25) is 0 Å². The molecule has 0 bridgehead atoms.